The number of pyridine rings is 1. The van der Waals surface area contributed by atoms with Gasteiger partial charge in [-0.1, -0.05) is 13.3 Å². The Kier molecular flexibility index (Phi) is 4.20. The maximum atomic E-state index is 12.5. The number of nitrogen functional groups attached to an aromatic ring is 1. The molecule has 0 aliphatic carbocycles. The lowest BCUT2D eigenvalue weighted by Gasteiger charge is -2.25. The molecule has 114 valence electrons. The second kappa shape index (κ2) is 5.61. The number of aromatic nitrogens is 1. The fourth-order valence-electron chi connectivity index (χ4n) is 2.39. The van der Waals surface area contributed by atoms with Crippen LogP contribution in [0.4, 0.5) is 5.82 Å². The predicted octanol–water partition coefficient (Wildman–Crippen LogP) is 2.67. The van der Waals surface area contributed by atoms with Crippen LogP contribution in [0, 0.1) is 0 Å². The van der Waals surface area contributed by atoms with E-state index in [0.29, 0.717) is 11.3 Å². The van der Waals surface area contributed by atoms with Gasteiger partial charge in [0.2, 0.25) is 10.0 Å². The van der Waals surface area contributed by atoms with Crippen LogP contribution in [0.2, 0.25) is 0 Å². The highest BCUT2D eigenvalue weighted by molar-refractivity contribution is 7.89. The number of fused-ring (bicyclic) bond motifs is 1. The van der Waals surface area contributed by atoms with E-state index in [-0.39, 0.29) is 4.90 Å². The topological polar surface area (TPSA) is 85.1 Å². The summed E-state index contributed by atoms with van der Waals surface area (Å²) in [4.78, 5) is 4.41. The molecule has 1 heterocycles. The number of benzene rings is 1. The highest BCUT2D eigenvalue weighted by Gasteiger charge is 2.25. The number of nitrogens with one attached hydrogen (secondary N) is 1. The number of hydrogen-bond acceptors (Lipinski definition) is 4. The van der Waals surface area contributed by atoms with Crippen molar-refractivity contribution in [2.24, 2.45) is 0 Å². The molecule has 0 atom stereocenters. The number of anilines is 1. The van der Waals surface area contributed by atoms with Gasteiger partial charge in [0.15, 0.2) is 0 Å². The first-order chi connectivity index (χ1) is 9.73. The van der Waals surface area contributed by atoms with Gasteiger partial charge < -0.3 is 5.73 Å². The Balaban J connectivity index is 2.38. The molecule has 1 aromatic heterocycles. The summed E-state index contributed by atoms with van der Waals surface area (Å²) >= 11 is 0. The molecule has 0 amide bonds. The van der Waals surface area contributed by atoms with Crippen LogP contribution in [0.15, 0.2) is 35.2 Å². The minimum atomic E-state index is -3.55. The Bertz CT molecular complexity index is 755. The van der Waals surface area contributed by atoms with Crippen LogP contribution in [0.3, 0.4) is 0 Å². The molecule has 0 fully saturated rings. The maximum Gasteiger partial charge on any atom is 0.241 e. The lowest BCUT2D eigenvalue weighted by atomic mass is 10.0. The monoisotopic (exact) mass is 307 g/mol. The summed E-state index contributed by atoms with van der Waals surface area (Å²) in [6, 6.07) is 8.28. The van der Waals surface area contributed by atoms with Gasteiger partial charge in [-0.2, -0.15) is 0 Å². The lowest BCUT2D eigenvalue weighted by molar-refractivity contribution is 0.418. The van der Waals surface area contributed by atoms with E-state index in [1.54, 1.807) is 30.3 Å². The van der Waals surface area contributed by atoms with Crippen molar-refractivity contribution in [1.82, 2.24) is 9.71 Å². The predicted molar refractivity (Wildman–Crippen MR) is 85.5 cm³/mol. The number of nitrogens with two attached hydrogens (primary N) is 1. The van der Waals surface area contributed by atoms with Crippen LogP contribution < -0.4 is 10.5 Å². The molecule has 0 saturated carbocycles. The third kappa shape index (κ3) is 3.71. The van der Waals surface area contributed by atoms with E-state index in [1.807, 2.05) is 20.8 Å². The largest absolute Gasteiger partial charge is 0.384 e. The Morgan fingerprint density at radius 3 is 2.62 bits per heavy atom. The summed E-state index contributed by atoms with van der Waals surface area (Å²) in [6.45, 7) is 5.80. The Morgan fingerprint density at radius 2 is 1.95 bits per heavy atom. The van der Waals surface area contributed by atoms with Crippen LogP contribution >= 0.6 is 0 Å². The van der Waals surface area contributed by atoms with Gasteiger partial charge in [0, 0.05) is 10.9 Å². The van der Waals surface area contributed by atoms with Crippen LogP contribution in [0.25, 0.3) is 10.9 Å². The van der Waals surface area contributed by atoms with Crippen molar-refractivity contribution in [3.63, 3.8) is 0 Å². The van der Waals surface area contributed by atoms with E-state index >= 15 is 0 Å². The van der Waals surface area contributed by atoms with Gasteiger partial charge in [0.05, 0.1) is 10.4 Å². The summed E-state index contributed by atoms with van der Waals surface area (Å²) in [5.74, 6) is 0.417. The van der Waals surface area contributed by atoms with Crippen molar-refractivity contribution < 1.29 is 8.42 Å². The van der Waals surface area contributed by atoms with Crippen LogP contribution in [-0.2, 0) is 10.0 Å². The number of sulfonamides is 1. The van der Waals surface area contributed by atoms with E-state index in [0.717, 1.165) is 18.2 Å². The van der Waals surface area contributed by atoms with Crippen molar-refractivity contribution >= 4 is 26.7 Å². The van der Waals surface area contributed by atoms with Crippen molar-refractivity contribution in [2.75, 3.05) is 5.73 Å². The van der Waals surface area contributed by atoms with E-state index in [4.69, 9.17) is 5.73 Å². The molecule has 2 aromatic rings. The number of nitrogens with zero attached hydrogens (tertiary/aromatic N) is 1. The molecule has 6 heteroatoms. The van der Waals surface area contributed by atoms with Gasteiger partial charge >= 0.3 is 0 Å². The van der Waals surface area contributed by atoms with Crippen LogP contribution in [-0.4, -0.2) is 18.9 Å². The molecule has 0 radical (unpaired) electrons. The molecular formula is C15H21N3O2S. The average Bonchev–Trinajstić information content (AvgIpc) is 2.36. The zero-order valence-electron chi connectivity index (χ0n) is 12.6. The van der Waals surface area contributed by atoms with Crippen molar-refractivity contribution in [1.29, 1.82) is 0 Å². The normalized spacial score (nSPS) is 12.7. The summed E-state index contributed by atoms with van der Waals surface area (Å²) in [5.41, 5.74) is 5.83. The Morgan fingerprint density at radius 1 is 1.24 bits per heavy atom. The average molecular weight is 307 g/mol. The molecule has 0 spiro atoms. The summed E-state index contributed by atoms with van der Waals surface area (Å²) < 4.78 is 27.7. The molecule has 0 saturated heterocycles. The van der Waals surface area contributed by atoms with E-state index < -0.39 is 15.6 Å². The number of rotatable bonds is 5. The van der Waals surface area contributed by atoms with E-state index in [2.05, 4.69) is 9.71 Å². The van der Waals surface area contributed by atoms with Gasteiger partial charge in [0.25, 0.3) is 0 Å². The molecule has 0 unspecified atom stereocenters. The fourth-order valence-corrected chi connectivity index (χ4v) is 3.86. The van der Waals surface area contributed by atoms with Crippen LogP contribution in [0.1, 0.15) is 33.6 Å². The SMILES string of the molecule is CCCC(C)(C)NS(=O)(=O)c1ccc2nc(N)ccc2c1. The standard InChI is InChI=1S/C15H21N3O2S/c1-4-9-15(2,3)18-21(19,20)12-6-7-13-11(10-12)5-8-14(16)17-13/h5-8,10,18H,4,9H2,1-3H3,(H2,16,17). The second-order valence-corrected chi connectivity index (χ2v) is 7.51. The Hall–Kier alpha value is -1.66. The molecule has 0 aliphatic heterocycles. The summed E-state index contributed by atoms with van der Waals surface area (Å²) in [7, 11) is -3.55. The summed E-state index contributed by atoms with van der Waals surface area (Å²) in [6.07, 6.45) is 1.69. The zero-order chi connectivity index (χ0) is 15.7. The smallest absolute Gasteiger partial charge is 0.241 e. The van der Waals surface area contributed by atoms with Gasteiger partial charge in [-0.3, -0.25) is 0 Å². The number of hydrogen-bond donors (Lipinski definition) is 2. The zero-order valence-corrected chi connectivity index (χ0v) is 13.4. The Labute approximate surface area is 125 Å². The quantitative estimate of drug-likeness (QED) is 0.889. The highest BCUT2D eigenvalue weighted by atomic mass is 32.2. The third-order valence-corrected chi connectivity index (χ3v) is 4.97. The molecule has 5 nitrogen and oxygen atoms in total. The fraction of sp³-hybridized carbons (Fsp3) is 0.400. The van der Waals surface area contributed by atoms with E-state index in [1.165, 1.54) is 0 Å². The van der Waals surface area contributed by atoms with Gasteiger partial charge in [-0.05, 0) is 50.6 Å². The van der Waals surface area contributed by atoms with Crippen LogP contribution in [0.5, 0.6) is 0 Å². The molecular weight excluding hydrogens is 286 g/mol. The molecule has 2 rings (SSSR count). The summed E-state index contributed by atoms with van der Waals surface area (Å²) in [5, 5.41) is 0.750. The highest BCUT2D eigenvalue weighted by Crippen LogP contribution is 2.21. The molecule has 21 heavy (non-hydrogen) atoms. The first-order valence-electron chi connectivity index (χ1n) is 6.94. The lowest BCUT2D eigenvalue weighted by Crippen LogP contribution is -2.43. The maximum absolute atomic E-state index is 12.5. The molecule has 1 aromatic carbocycles. The minimum absolute atomic E-state index is 0.241. The van der Waals surface area contributed by atoms with Crippen molar-refractivity contribution in [3.8, 4) is 0 Å². The molecule has 0 aliphatic rings. The third-order valence-electron chi connectivity index (χ3n) is 3.28. The first kappa shape index (κ1) is 15.7. The molecule has 3 N–H and O–H groups in total. The van der Waals surface area contributed by atoms with Crippen molar-refractivity contribution in [2.45, 2.75) is 44.0 Å². The van der Waals surface area contributed by atoms with Gasteiger partial charge in [0.1, 0.15) is 5.82 Å². The molecule has 0 bridgehead atoms. The van der Waals surface area contributed by atoms with Gasteiger partial charge in [-0.25, -0.2) is 18.1 Å². The minimum Gasteiger partial charge on any atom is -0.384 e. The first-order valence-corrected chi connectivity index (χ1v) is 8.42. The van der Waals surface area contributed by atoms with Crippen molar-refractivity contribution in [3.05, 3.63) is 30.3 Å². The van der Waals surface area contributed by atoms with E-state index in [9.17, 15) is 8.42 Å². The van der Waals surface area contributed by atoms with Gasteiger partial charge in [-0.15, -0.1) is 0 Å². The second-order valence-electron chi connectivity index (χ2n) is 5.83.